The van der Waals surface area contributed by atoms with E-state index in [4.69, 9.17) is 17.2 Å². The standard InChI is InChI=1S/C33H55N9O7/c1-19(2)15-23(29(45)38-22(13-10-14-37-33(35)36)28(44)41-25(32(48)49)18-27(34)43)39-30(46)24(16-20(3)4)40-31(47)26(42(5)6)17-21-11-8-7-9-12-21/h7-9,11-12,19-20,22-26H,10,13-18H2,1-6H3,(H2,34,43)(H,38,45)(H,39,46)(H,40,47)(H,41,44)(H,48,49)(H4,35,36,37)/t22-,23-,24-,25-,26-/m0/s1. The topological polar surface area (TPSA) is 264 Å². The van der Waals surface area contributed by atoms with Gasteiger partial charge in [0.15, 0.2) is 5.96 Å². The monoisotopic (exact) mass is 689 g/mol. The summed E-state index contributed by atoms with van der Waals surface area (Å²) in [6, 6.07) is 3.97. The molecule has 49 heavy (non-hydrogen) atoms. The van der Waals surface area contributed by atoms with E-state index in [0.717, 1.165) is 5.56 Å². The number of likely N-dealkylation sites (N-methyl/N-ethyl adjacent to an activating group) is 1. The van der Waals surface area contributed by atoms with E-state index in [1.165, 1.54) is 0 Å². The summed E-state index contributed by atoms with van der Waals surface area (Å²) in [5.74, 6) is -5.14. The van der Waals surface area contributed by atoms with E-state index in [9.17, 15) is 33.9 Å². The van der Waals surface area contributed by atoms with E-state index < -0.39 is 66.2 Å². The first-order chi connectivity index (χ1) is 22.9. The summed E-state index contributed by atoms with van der Waals surface area (Å²) in [6.45, 7) is 7.64. The number of hydrogen-bond acceptors (Lipinski definition) is 8. The molecule has 0 heterocycles. The summed E-state index contributed by atoms with van der Waals surface area (Å²) in [6.07, 6.45) is 0.470. The molecule has 0 bridgehead atoms. The van der Waals surface area contributed by atoms with E-state index in [2.05, 4.69) is 26.3 Å². The average molecular weight is 690 g/mol. The van der Waals surface area contributed by atoms with Crippen LogP contribution in [-0.2, 0) is 35.2 Å². The molecule has 274 valence electrons. The third-order valence-corrected chi connectivity index (χ3v) is 7.48. The van der Waals surface area contributed by atoms with Crippen molar-refractivity contribution >= 4 is 41.5 Å². The van der Waals surface area contributed by atoms with Crippen LogP contribution in [-0.4, -0.2) is 102 Å². The van der Waals surface area contributed by atoms with Gasteiger partial charge in [-0.3, -0.25) is 33.9 Å². The first-order valence-corrected chi connectivity index (χ1v) is 16.4. The van der Waals surface area contributed by atoms with Crippen molar-refractivity contribution in [3.8, 4) is 0 Å². The molecule has 16 nitrogen and oxygen atoms in total. The normalized spacial score (nSPS) is 14.2. The average Bonchev–Trinajstić information content (AvgIpc) is 2.99. The van der Waals surface area contributed by atoms with Gasteiger partial charge in [-0.25, -0.2) is 4.79 Å². The van der Waals surface area contributed by atoms with Crippen molar-refractivity contribution in [1.82, 2.24) is 26.2 Å². The second-order valence-corrected chi connectivity index (χ2v) is 13.1. The van der Waals surface area contributed by atoms with Crippen LogP contribution in [0.15, 0.2) is 35.3 Å². The Hall–Kier alpha value is -4.73. The minimum Gasteiger partial charge on any atom is -0.480 e. The number of hydrogen-bond donors (Lipinski definition) is 8. The van der Waals surface area contributed by atoms with Gasteiger partial charge in [-0.1, -0.05) is 58.0 Å². The van der Waals surface area contributed by atoms with E-state index >= 15 is 0 Å². The molecule has 0 fully saturated rings. The maximum absolute atomic E-state index is 13.7. The minimum absolute atomic E-state index is 0.00101. The summed E-state index contributed by atoms with van der Waals surface area (Å²) in [7, 11) is 3.56. The molecule has 0 aliphatic rings. The molecule has 11 N–H and O–H groups in total. The van der Waals surface area contributed by atoms with Crippen LogP contribution in [0, 0.1) is 11.8 Å². The number of benzene rings is 1. The summed E-state index contributed by atoms with van der Waals surface area (Å²) in [5.41, 5.74) is 16.9. The van der Waals surface area contributed by atoms with E-state index in [-0.39, 0.29) is 49.5 Å². The van der Waals surface area contributed by atoms with Crippen molar-refractivity contribution in [1.29, 1.82) is 0 Å². The molecular weight excluding hydrogens is 634 g/mol. The molecule has 0 aliphatic carbocycles. The molecular formula is C33H55N9O7. The number of carbonyl (C=O) groups is 6. The van der Waals surface area contributed by atoms with Crippen molar-refractivity contribution in [2.45, 2.75) is 96.4 Å². The predicted octanol–water partition coefficient (Wildman–Crippen LogP) is -0.796. The third kappa shape index (κ3) is 16.8. The van der Waals surface area contributed by atoms with Crippen LogP contribution in [0.5, 0.6) is 0 Å². The number of nitrogens with one attached hydrogen (secondary N) is 4. The summed E-state index contributed by atoms with van der Waals surface area (Å²) in [5, 5.41) is 20.0. The molecule has 0 unspecified atom stereocenters. The zero-order valence-corrected chi connectivity index (χ0v) is 29.4. The number of guanidine groups is 1. The molecule has 16 heteroatoms. The molecule has 0 saturated heterocycles. The van der Waals surface area contributed by atoms with Gasteiger partial charge in [0.2, 0.25) is 29.5 Å². The smallest absolute Gasteiger partial charge is 0.326 e. The lowest BCUT2D eigenvalue weighted by molar-refractivity contribution is -0.143. The fourth-order valence-electron chi connectivity index (χ4n) is 5.01. The van der Waals surface area contributed by atoms with Crippen LogP contribution >= 0.6 is 0 Å². The highest BCUT2D eigenvalue weighted by atomic mass is 16.4. The van der Waals surface area contributed by atoms with Crippen LogP contribution in [0.25, 0.3) is 0 Å². The first-order valence-electron chi connectivity index (χ1n) is 16.4. The quantitative estimate of drug-likeness (QED) is 0.0427. The third-order valence-electron chi connectivity index (χ3n) is 7.48. The van der Waals surface area contributed by atoms with Gasteiger partial charge in [0.1, 0.15) is 24.2 Å². The minimum atomic E-state index is -1.62. The molecule has 1 aromatic rings. The second-order valence-electron chi connectivity index (χ2n) is 13.1. The number of nitrogens with zero attached hydrogens (tertiary/aromatic N) is 2. The van der Waals surface area contributed by atoms with E-state index in [0.29, 0.717) is 12.8 Å². The van der Waals surface area contributed by atoms with Gasteiger partial charge >= 0.3 is 5.97 Å². The van der Waals surface area contributed by atoms with Crippen LogP contribution in [0.2, 0.25) is 0 Å². The van der Waals surface area contributed by atoms with Gasteiger partial charge in [0.25, 0.3) is 0 Å². The summed E-state index contributed by atoms with van der Waals surface area (Å²) >= 11 is 0. The number of rotatable bonds is 22. The Morgan fingerprint density at radius 1 is 0.735 bits per heavy atom. The van der Waals surface area contributed by atoms with Crippen LogP contribution < -0.4 is 38.5 Å². The molecule has 0 aliphatic heterocycles. The fourth-order valence-corrected chi connectivity index (χ4v) is 5.01. The number of amides is 5. The Kier molecular flexibility index (Phi) is 18.4. The molecule has 5 amide bonds. The number of carboxylic acid groups (broad SMARTS) is 1. The Labute approximate surface area is 288 Å². The van der Waals surface area contributed by atoms with Crippen LogP contribution in [0.1, 0.15) is 65.4 Å². The lowest BCUT2D eigenvalue weighted by Gasteiger charge is -2.29. The second kappa shape index (κ2) is 21.3. The van der Waals surface area contributed by atoms with Crippen molar-refractivity contribution in [2.75, 3.05) is 20.6 Å². The molecule has 0 spiro atoms. The molecule has 1 rings (SSSR count). The number of aliphatic carboxylic acids is 1. The van der Waals surface area contributed by atoms with Gasteiger partial charge in [-0.2, -0.15) is 0 Å². The number of primary amides is 1. The zero-order chi connectivity index (χ0) is 37.3. The van der Waals surface area contributed by atoms with Crippen molar-refractivity contribution in [2.24, 2.45) is 34.0 Å². The van der Waals surface area contributed by atoms with Gasteiger partial charge in [-0.05, 0) is 63.6 Å². The molecule has 0 aromatic heterocycles. The Morgan fingerprint density at radius 3 is 1.65 bits per heavy atom. The maximum atomic E-state index is 13.7. The summed E-state index contributed by atoms with van der Waals surface area (Å²) < 4.78 is 0. The van der Waals surface area contributed by atoms with Crippen molar-refractivity contribution < 1.29 is 33.9 Å². The van der Waals surface area contributed by atoms with Crippen LogP contribution in [0.4, 0.5) is 0 Å². The van der Waals surface area contributed by atoms with Crippen LogP contribution in [0.3, 0.4) is 0 Å². The predicted molar refractivity (Wildman–Crippen MR) is 186 cm³/mol. The molecule has 0 radical (unpaired) electrons. The van der Waals surface area contributed by atoms with Gasteiger partial charge in [-0.15, -0.1) is 0 Å². The highest BCUT2D eigenvalue weighted by Gasteiger charge is 2.33. The van der Waals surface area contributed by atoms with Gasteiger partial charge in [0, 0.05) is 6.54 Å². The van der Waals surface area contributed by atoms with Crippen molar-refractivity contribution in [3.63, 3.8) is 0 Å². The zero-order valence-electron chi connectivity index (χ0n) is 29.4. The lowest BCUT2D eigenvalue weighted by Crippen LogP contribution is -2.59. The molecule has 1 aromatic carbocycles. The Balaban J connectivity index is 3.24. The summed E-state index contributed by atoms with van der Waals surface area (Å²) in [4.78, 5) is 82.8. The highest BCUT2D eigenvalue weighted by molar-refractivity contribution is 5.96. The SMILES string of the molecule is CC(C)C[C@H](NC(=O)[C@H](CC(C)C)NC(=O)[C@H](Cc1ccccc1)N(C)C)C(=O)N[C@@H](CCCN=C(N)N)C(=O)N[C@@H](CC(N)=O)C(=O)O. The highest BCUT2D eigenvalue weighted by Crippen LogP contribution is 2.12. The number of nitrogens with two attached hydrogens (primary N) is 3. The van der Waals surface area contributed by atoms with Crippen molar-refractivity contribution in [3.05, 3.63) is 35.9 Å². The number of carbonyl (C=O) groups excluding carboxylic acids is 5. The van der Waals surface area contributed by atoms with E-state index in [1.807, 2.05) is 58.0 Å². The maximum Gasteiger partial charge on any atom is 0.326 e. The molecule has 5 atom stereocenters. The lowest BCUT2D eigenvalue weighted by atomic mass is 9.98. The fraction of sp³-hybridized carbons (Fsp3) is 0.606. The largest absolute Gasteiger partial charge is 0.480 e. The van der Waals surface area contributed by atoms with Gasteiger partial charge < -0.3 is 43.6 Å². The Bertz CT molecular complexity index is 1280. The first kappa shape index (κ1) is 42.3. The van der Waals surface area contributed by atoms with E-state index in [1.54, 1.807) is 19.0 Å². The van der Waals surface area contributed by atoms with Gasteiger partial charge in [0.05, 0.1) is 12.5 Å². The Morgan fingerprint density at radius 2 is 1.20 bits per heavy atom. The number of aliphatic imine (C=N–C) groups is 1. The number of carboxylic acids is 1. The molecule has 0 saturated carbocycles.